The summed E-state index contributed by atoms with van der Waals surface area (Å²) in [7, 11) is 0. The Kier molecular flexibility index (Phi) is 2.75. The number of nitrogens with two attached hydrogens (primary N) is 1. The van der Waals surface area contributed by atoms with Crippen LogP contribution in [-0.2, 0) is 6.42 Å². The molecule has 1 aliphatic rings. The van der Waals surface area contributed by atoms with Crippen molar-refractivity contribution in [3.8, 4) is 0 Å². The molecule has 8 nitrogen and oxygen atoms in total. The van der Waals surface area contributed by atoms with Crippen LogP contribution in [0, 0.1) is 0 Å². The van der Waals surface area contributed by atoms with E-state index in [0.717, 1.165) is 18.7 Å². The van der Waals surface area contributed by atoms with Crippen molar-refractivity contribution in [2.24, 2.45) is 0 Å². The molecule has 0 amide bonds. The van der Waals surface area contributed by atoms with Crippen molar-refractivity contribution in [3.63, 3.8) is 0 Å². The van der Waals surface area contributed by atoms with Gasteiger partial charge in [0.2, 0.25) is 17.8 Å². The topological polar surface area (TPSA) is 116 Å². The van der Waals surface area contributed by atoms with Gasteiger partial charge in [-0.1, -0.05) is 5.16 Å². The first kappa shape index (κ1) is 10.9. The highest BCUT2D eigenvalue weighted by Gasteiger charge is 2.27. The largest absolute Gasteiger partial charge is 0.368 e. The van der Waals surface area contributed by atoms with Gasteiger partial charge < -0.3 is 15.6 Å². The van der Waals surface area contributed by atoms with Crippen LogP contribution in [0.4, 0.5) is 11.9 Å². The van der Waals surface area contributed by atoms with Crippen LogP contribution in [0.15, 0.2) is 10.9 Å². The van der Waals surface area contributed by atoms with Gasteiger partial charge in [0.25, 0.3) is 0 Å². The Balaban J connectivity index is 1.61. The predicted molar refractivity (Wildman–Crippen MR) is 62.7 cm³/mol. The molecule has 3 rings (SSSR count). The molecular formula is C10H13N7O. The summed E-state index contributed by atoms with van der Waals surface area (Å²) in [5, 5.41) is 6.61. The second-order valence-corrected chi connectivity index (χ2v) is 4.16. The van der Waals surface area contributed by atoms with Gasteiger partial charge in [-0.2, -0.15) is 19.9 Å². The van der Waals surface area contributed by atoms with E-state index in [0.29, 0.717) is 30.7 Å². The molecule has 2 aromatic heterocycles. The average molecular weight is 247 g/mol. The zero-order valence-electron chi connectivity index (χ0n) is 9.70. The zero-order chi connectivity index (χ0) is 12.4. The molecule has 0 bridgehead atoms. The molecule has 8 heteroatoms. The van der Waals surface area contributed by atoms with E-state index in [1.807, 2.05) is 0 Å². The highest BCUT2D eigenvalue weighted by Crippen LogP contribution is 2.38. The summed E-state index contributed by atoms with van der Waals surface area (Å²) in [4.78, 5) is 16.4. The number of hydrogen-bond acceptors (Lipinski definition) is 8. The molecule has 0 aromatic carbocycles. The molecule has 94 valence electrons. The van der Waals surface area contributed by atoms with Gasteiger partial charge in [0, 0.05) is 18.9 Å². The summed E-state index contributed by atoms with van der Waals surface area (Å²) in [6, 6.07) is 0. The van der Waals surface area contributed by atoms with Crippen LogP contribution in [0.1, 0.15) is 30.5 Å². The first-order valence-electron chi connectivity index (χ1n) is 5.82. The summed E-state index contributed by atoms with van der Waals surface area (Å²) in [5.74, 6) is 2.57. The standard InChI is InChI=1S/C10H13N7O/c11-9-15-8(6-1-2-6)16-10(17-9)12-4-3-7-13-5-14-18-7/h5-6H,1-4H2,(H3,11,12,15,16,17). The van der Waals surface area contributed by atoms with E-state index < -0.39 is 0 Å². The molecule has 0 aliphatic heterocycles. The highest BCUT2D eigenvalue weighted by molar-refractivity contribution is 5.32. The summed E-state index contributed by atoms with van der Waals surface area (Å²) >= 11 is 0. The third kappa shape index (κ3) is 2.53. The normalized spacial score (nSPS) is 14.7. The maximum atomic E-state index is 5.65. The van der Waals surface area contributed by atoms with Crippen LogP contribution < -0.4 is 11.1 Å². The summed E-state index contributed by atoms with van der Waals surface area (Å²) in [5.41, 5.74) is 5.65. The van der Waals surface area contributed by atoms with Crippen molar-refractivity contribution in [2.45, 2.75) is 25.2 Å². The molecule has 0 unspecified atom stereocenters. The molecule has 3 N–H and O–H groups in total. The number of nitrogen functional groups attached to an aromatic ring is 1. The minimum absolute atomic E-state index is 0.257. The first-order chi connectivity index (χ1) is 8.81. The van der Waals surface area contributed by atoms with E-state index in [4.69, 9.17) is 10.3 Å². The van der Waals surface area contributed by atoms with Gasteiger partial charge in [0.15, 0.2) is 6.33 Å². The Morgan fingerprint density at radius 2 is 2.22 bits per heavy atom. The predicted octanol–water partition coefficient (Wildman–Crippen LogP) is 0.369. The number of rotatable bonds is 5. The quantitative estimate of drug-likeness (QED) is 0.778. The number of hydrogen-bond donors (Lipinski definition) is 2. The van der Waals surface area contributed by atoms with E-state index in [1.165, 1.54) is 6.33 Å². The Labute approximate surface area is 103 Å². The third-order valence-corrected chi connectivity index (χ3v) is 2.64. The molecule has 1 fully saturated rings. The van der Waals surface area contributed by atoms with Gasteiger partial charge in [-0.15, -0.1) is 0 Å². The van der Waals surface area contributed by atoms with Crippen molar-refractivity contribution in [1.29, 1.82) is 0 Å². The number of nitrogens with one attached hydrogen (secondary N) is 1. The van der Waals surface area contributed by atoms with Gasteiger partial charge in [-0.05, 0) is 12.8 Å². The second kappa shape index (κ2) is 4.55. The van der Waals surface area contributed by atoms with Gasteiger partial charge in [-0.3, -0.25) is 0 Å². The molecular weight excluding hydrogens is 234 g/mol. The van der Waals surface area contributed by atoms with Crippen molar-refractivity contribution < 1.29 is 4.52 Å². The van der Waals surface area contributed by atoms with Crippen LogP contribution in [0.5, 0.6) is 0 Å². The Bertz CT molecular complexity index is 523. The molecule has 0 saturated heterocycles. The minimum Gasteiger partial charge on any atom is -0.368 e. The van der Waals surface area contributed by atoms with E-state index >= 15 is 0 Å². The first-order valence-corrected chi connectivity index (χ1v) is 5.82. The molecule has 0 atom stereocenters. The molecule has 2 aromatic rings. The Morgan fingerprint density at radius 3 is 2.94 bits per heavy atom. The lowest BCUT2D eigenvalue weighted by atomic mass is 10.4. The average Bonchev–Trinajstić information content (AvgIpc) is 3.08. The van der Waals surface area contributed by atoms with Crippen molar-refractivity contribution in [2.75, 3.05) is 17.6 Å². The second-order valence-electron chi connectivity index (χ2n) is 4.16. The lowest BCUT2D eigenvalue weighted by Gasteiger charge is -2.05. The summed E-state index contributed by atoms with van der Waals surface area (Å²) < 4.78 is 4.89. The third-order valence-electron chi connectivity index (χ3n) is 2.64. The molecule has 2 heterocycles. The van der Waals surface area contributed by atoms with Gasteiger partial charge in [0.1, 0.15) is 5.82 Å². The monoisotopic (exact) mass is 247 g/mol. The van der Waals surface area contributed by atoms with Crippen molar-refractivity contribution in [1.82, 2.24) is 25.1 Å². The van der Waals surface area contributed by atoms with E-state index in [2.05, 4.69) is 30.4 Å². The molecule has 18 heavy (non-hydrogen) atoms. The molecule has 1 saturated carbocycles. The van der Waals surface area contributed by atoms with Crippen LogP contribution in [0.2, 0.25) is 0 Å². The maximum Gasteiger partial charge on any atom is 0.228 e. The van der Waals surface area contributed by atoms with E-state index in [9.17, 15) is 0 Å². The van der Waals surface area contributed by atoms with Crippen LogP contribution in [0.3, 0.4) is 0 Å². The lowest BCUT2D eigenvalue weighted by Crippen LogP contribution is -2.11. The van der Waals surface area contributed by atoms with E-state index in [1.54, 1.807) is 0 Å². The number of nitrogens with zero attached hydrogens (tertiary/aromatic N) is 5. The Morgan fingerprint density at radius 1 is 1.33 bits per heavy atom. The molecule has 1 aliphatic carbocycles. The minimum atomic E-state index is 0.257. The maximum absolute atomic E-state index is 5.65. The Hall–Kier alpha value is -2.25. The van der Waals surface area contributed by atoms with Crippen LogP contribution in [-0.4, -0.2) is 31.6 Å². The fourth-order valence-corrected chi connectivity index (χ4v) is 1.60. The highest BCUT2D eigenvalue weighted by atomic mass is 16.5. The SMILES string of the molecule is Nc1nc(NCCc2ncno2)nc(C2CC2)n1. The van der Waals surface area contributed by atoms with Gasteiger partial charge in [-0.25, -0.2) is 0 Å². The van der Waals surface area contributed by atoms with Crippen LogP contribution in [0.25, 0.3) is 0 Å². The lowest BCUT2D eigenvalue weighted by molar-refractivity contribution is 0.379. The molecule has 0 spiro atoms. The fourth-order valence-electron chi connectivity index (χ4n) is 1.60. The summed E-state index contributed by atoms with van der Waals surface area (Å²) in [6.07, 6.45) is 4.25. The molecule has 0 radical (unpaired) electrons. The zero-order valence-corrected chi connectivity index (χ0v) is 9.70. The summed E-state index contributed by atoms with van der Waals surface area (Å²) in [6.45, 7) is 0.607. The van der Waals surface area contributed by atoms with Crippen molar-refractivity contribution in [3.05, 3.63) is 18.0 Å². The van der Waals surface area contributed by atoms with E-state index in [-0.39, 0.29) is 5.95 Å². The number of aromatic nitrogens is 5. The smallest absolute Gasteiger partial charge is 0.228 e. The van der Waals surface area contributed by atoms with Crippen molar-refractivity contribution >= 4 is 11.9 Å². The van der Waals surface area contributed by atoms with Gasteiger partial charge >= 0.3 is 0 Å². The van der Waals surface area contributed by atoms with Gasteiger partial charge in [0.05, 0.1) is 0 Å². The van der Waals surface area contributed by atoms with Crippen LogP contribution >= 0.6 is 0 Å². The fraction of sp³-hybridized carbons (Fsp3) is 0.500. The number of anilines is 2.